The maximum absolute atomic E-state index is 14.3. The molecule has 0 bridgehead atoms. The minimum absolute atomic E-state index is 0.401. The van der Waals surface area contributed by atoms with Crippen molar-refractivity contribution in [3.63, 3.8) is 0 Å². The Morgan fingerprint density at radius 2 is 1.30 bits per heavy atom. The third-order valence-electron chi connectivity index (χ3n) is 3.55. The number of benzene rings is 2. The topological polar surface area (TPSA) is 18.5 Å². The van der Waals surface area contributed by atoms with Crippen molar-refractivity contribution in [2.45, 2.75) is 0 Å². The van der Waals surface area contributed by atoms with Gasteiger partial charge in [-0.25, -0.2) is 8.78 Å². The molecule has 0 saturated heterocycles. The highest BCUT2D eigenvalue weighted by atomic mass is 32.1. The Hall–Kier alpha value is -2.40. The molecule has 0 spiro atoms. The summed E-state index contributed by atoms with van der Waals surface area (Å²) in [5, 5.41) is 1.82. The summed E-state index contributed by atoms with van der Waals surface area (Å²) in [6, 6.07) is 11.1. The molecule has 0 aliphatic heterocycles. The normalized spacial score (nSPS) is 10.6. The highest BCUT2D eigenvalue weighted by Gasteiger charge is 2.16. The van der Waals surface area contributed by atoms with Crippen LogP contribution in [0.5, 0.6) is 11.5 Å². The summed E-state index contributed by atoms with van der Waals surface area (Å²) >= 11 is 1.37. The van der Waals surface area contributed by atoms with Crippen LogP contribution in [-0.4, -0.2) is 14.2 Å². The van der Waals surface area contributed by atoms with Gasteiger partial charge in [0.25, 0.3) is 0 Å². The first-order valence-electron chi connectivity index (χ1n) is 6.89. The molecular weight excluding hydrogens is 318 g/mol. The molecular formula is C18H14F2O2S. The zero-order valence-corrected chi connectivity index (χ0v) is 13.4. The van der Waals surface area contributed by atoms with Crippen LogP contribution in [0, 0.1) is 11.6 Å². The number of thiophene rings is 1. The van der Waals surface area contributed by atoms with Gasteiger partial charge in [0.05, 0.1) is 14.2 Å². The fourth-order valence-corrected chi connectivity index (χ4v) is 3.32. The van der Waals surface area contributed by atoms with E-state index in [1.54, 1.807) is 30.3 Å². The van der Waals surface area contributed by atoms with Gasteiger partial charge in [-0.15, -0.1) is 11.3 Å². The molecule has 3 rings (SSSR count). The van der Waals surface area contributed by atoms with Crippen molar-refractivity contribution in [1.82, 2.24) is 0 Å². The first-order valence-corrected chi connectivity index (χ1v) is 7.77. The van der Waals surface area contributed by atoms with Crippen molar-refractivity contribution in [2.24, 2.45) is 0 Å². The average molecular weight is 332 g/mol. The van der Waals surface area contributed by atoms with Crippen LogP contribution in [0.2, 0.25) is 0 Å². The van der Waals surface area contributed by atoms with E-state index >= 15 is 0 Å². The summed E-state index contributed by atoms with van der Waals surface area (Å²) in [5.41, 5.74) is 1.49. The van der Waals surface area contributed by atoms with Gasteiger partial charge in [-0.05, 0) is 35.7 Å². The van der Waals surface area contributed by atoms with E-state index in [9.17, 15) is 8.78 Å². The molecule has 0 fully saturated rings. The standard InChI is InChI=1S/C18H14F2O2S/c1-21-11-3-5-13(16(19)9-11)14-7-8-23-18(14)15-6-4-12(22-2)10-17(15)20/h3-10H,1-2H3. The van der Waals surface area contributed by atoms with Gasteiger partial charge >= 0.3 is 0 Å². The number of hydrogen-bond donors (Lipinski definition) is 0. The number of halogens is 2. The highest BCUT2D eigenvalue weighted by molar-refractivity contribution is 7.14. The molecule has 1 heterocycles. The zero-order chi connectivity index (χ0) is 16.4. The van der Waals surface area contributed by atoms with Crippen LogP contribution in [0.25, 0.3) is 21.6 Å². The van der Waals surface area contributed by atoms with Gasteiger partial charge in [-0.3, -0.25) is 0 Å². The molecule has 2 aromatic carbocycles. The Labute approximate surface area is 136 Å². The van der Waals surface area contributed by atoms with E-state index in [-0.39, 0.29) is 0 Å². The number of methoxy groups -OCH3 is 2. The molecule has 0 N–H and O–H groups in total. The zero-order valence-electron chi connectivity index (χ0n) is 12.6. The molecule has 0 unspecified atom stereocenters. The van der Waals surface area contributed by atoms with E-state index < -0.39 is 11.6 Å². The predicted molar refractivity (Wildman–Crippen MR) is 88.2 cm³/mol. The summed E-state index contributed by atoms with van der Waals surface area (Å²) in [5.74, 6) is 0.0820. The van der Waals surface area contributed by atoms with E-state index in [1.807, 2.05) is 5.38 Å². The van der Waals surface area contributed by atoms with Crippen LogP contribution in [0.15, 0.2) is 47.8 Å². The van der Waals surface area contributed by atoms with Crippen LogP contribution in [-0.2, 0) is 0 Å². The lowest BCUT2D eigenvalue weighted by Crippen LogP contribution is -1.90. The van der Waals surface area contributed by atoms with Crippen molar-refractivity contribution in [3.05, 3.63) is 59.5 Å². The molecule has 5 heteroatoms. The van der Waals surface area contributed by atoms with Crippen LogP contribution in [0.4, 0.5) is 8.78 Å². The largest absolute Gasteiger partial charge is 0.497 e. The Morgan fingerprint density at radius 3 is 1.83 bits per heavy atom. The molecule has 0 radical (unpaired) electrons. The molecule has 0 amide bonds. The lowest BCUT2D eigenvalue weighted by Gasteiger charge is -2.09. The highest BCUT2D eigenvalue weighted by Crippen LogP contribution is 2.40. The van der Waals surface area contributed by atoms with Crippen molar-refractivity contribution < 1.29 is 18.3 Å². The maximum atomic E-state index is 14.3. The Morgan fingerprint density at radius 1 is 0.739 bits per heavy atom. The summed E-state index contributed by atoms with van der Waals surface area (Å²) < 4.78 is 38.7. The van der Waals surface area contributed by atoms with E-state index in [0.717, 1.165) is 0 Å². The number of hydrogen-bond acceptors (Lipinski definition) is 3. The molecule has 0 aliphatic rings. The monoisotopic (exact) mass is 332 g/mol. The van der Waals surface area contributed by atoms with Gasteiger partial charge < -0.3 is 9.47 Å². The molecule has 118 valence electrons. The first-order chi connectivity index (χ1) is 11.1. The predicted octanol–water partition coefficient (Wildman–Crippen LogP) is 5.38. The second-order valence-corrected chi connectivity index (χ2v) is 5.77. The molecule has 3 aromatic rings. The summed E-state index contributed by atoms with van der Waals surface area (Å²) in [4.78, 5) is 0.675. The van der Waals surface area contributed by atoms with E-state index in [0.29, 0.717) is 33.1 Å². The van der Waals surface area contributed by atoms with Crippen molar-refractivity contribution in [3.8, 4) is 33.1 Å². The lowest BCUT2D eigenvalue weighted by molar-refractivity contribution is 0.411. The lowest BCUT2D eigenvalue weighted by atomic mass is 10.0. The Bertz CT molecular complexity index is 775. The SMILES string of the molecule is COc1ccc(-c2ccsc2-c2ccc(OC)cc2F)c(F)c1. The fraction of sp³-hybridized carbons (Fsp3) is 0.111. The number of ether oxygens (including phenoxy) is 2. The quantitative estimate of drug-likeness (QED) is 0.639. The molecule has 0 saturated carbocycles. The summed E-state index contributed by atoms with van der Waals surface area (Å²) in [7, 11) is 2.97. The molecule has 0 atom stereocenters. The van der Waals surface area contributed by atoms with Gasteiger partial charge in [0, 0.05) is 33.7 Å². The van der Waals surface area contributed by atoms with E-state index in [4.69, 9.17) is 9.47 Å². The smallest absolute Gasteiger partial charge is 0.135 e. The first kappa shape index (κ1) is 15.5. The third kappa shape index (κ3) is 2.92. The summed E-state index contributed by atoms with van der Waals surface area (Å²) in [6.45, 7) is 0. The minimum Gasteiger partial charge on any atom is -0.497 e. The van der Waals surface area contributed by atoms with E-state index in [1.165, 1.54) is 37.7 Å². The van der Waals surface area contributed by atoms with Crippen molar-refractivity contribution in [2.75, 3.05) is 14.2 Å². The average Bonchev–Trinajstić information content (AvgIpc) is 3.03. The minimum atomic E-state index is -0.405. The van der Waals surface area contributed by atoms with E-state index in [2.05, 4.69) is 0 Å². The molecule has 2 nitrogen and oxygen atoms in total. The maximum Gasteiger partial charge on any atom is 0.135 e. The Kier molecular flexibility index (Phi) is 4.30. The van der Waals surface area contributed by atoms with Crippen LogP contribution in [0.1, 0.15) is 0 Å². The molecule has 0 aliphatic carbocycles. The van der Waals surface area contributed by atoms with Gasteiger partial charge in [0.1, 0.15) is 23.1 Å². The molecule has 23 heavy (non-hydrogen) atoms. The van der Waals surface area contributed by atoms with Crippen LogP contribution < -0.4 is 9.47 Å². The van der Waals surface area contributed by atoms with Crippen molar-refractivity contribution in [1.29, 1.82) is 0 Å². The van der Waals surface area contributed by atoms with Crippen molar-refractivity contribution >= 4 is 11.3 Å². The third-order valence-corrected chi connectivity index (χ3v) is 4.50. The van der Waals surface area contributed by atoms with Crippen LogP contribution >= 0.6 is 11.3 Å². The van der Waals surface area contributed by atoms with Gasteiger partial charge in [0.2, 0.25) is 0 Å². The van der Waals surface area contributed by atoms with Crippen LogP contribution in [0.3, 0.4) is 0 Å². The summed E-state index contributed by atoms with van der Waals surface area (Å²) in [6.07, 6.45) is 0. The fourth-order valence-electron chi connectivity index (χ4n) is 2.38. The second kappa shape index (κ2) is 6.38. The molecule has 1 aromatic heterocycles. The second-order valence-electron chi connectivity index (χ2n) is 4.85. The van der Waals surface area contributed by atoms with Gasteiger partial charge in [-0.2, -0.15) is 0 Å². The number of rotatable bonds is 4. The van der Waals surface area contributed by atoms with Gasteiger partial charge in [0.15, 0.2) is 0 Å². The Balaban J connectivity index is 2.10. The van der Waals surface area contributed by atoms with Gasteiger partial charge in [-0.1, -0.05) is 0 Å².